The minimum Gasteiger partial charge on any atom is -0.388 e. The molecule has 106 valence electrons. The van der Waals surface area contributed by atoms with Crippen LogP contribution in [0.1, 0.15) is 5.56 Å². The third-order valence-corrected chi connectivity index (χ3v) is 4.62. The van der Waals surface area contributed by atoms with E-state index in [2.05, 4.69) is 4.99 Å². The number of amides is 1. The molecule has 1 fully saturated rings. The molecular weight excluding hydrogens is 276 g/mol. The quantitative estimate of drug-likeness (QED) is 0.811. The Hall–Kier alpha value is -1.37. The fourth-order valence-electron chi connectivity index (χ4n) is 2.40. The zero-order valence-electron chi connectivity index (χ0n) is 10.8. The fourth-order valence-corrected chi connectivity index (χ4v) is 3.44. The molecule has 0 bridgehead atoms. The number of hydrogen-bond acceptors (Lipinski definition) is 5. The van der Waals surface area contributed by atoms with Crippen molar-refractivity contribution in [2.75, 3.05) is 18.8 Å². The molecule has 1 aromatic rings. The first-order valence-corrected chi connectivity index (χ1v) is 7.54. The Labute approximate surface area is 121 Å². The number of carbonyl (C=O) groups is 1. The summed E-state index contributed by atoms with van der Waals surface area (Å²) < 4.78 is 0. The van der Waals surface area contributed by atoms with E-state index in [1.807, 2.05) is 30.3 Å². The molecule has 0 spiro atoms. The van der Waals surface area contributed by atoms with Gasteiger partial charge in [-0.2, -0.15) is 0 Å². The van der Waals surface area contributed by atoms with Gasteiger partial charge in [0.15, 0.2) is 0 Å². The lowest BCUT2D eigenvalue weighted by molar-refractivity contribution is -0.131. The lowest BCUT2D eigenvalue weighted by Gasteiger charge is -2.17. The minimum absolute atomic E-state index is 0.112. The first kappa shape index (κ1) is 13.6. The van der Waals surface area contributed by atoms with Crippen molar-refractivity contribution in [3.63, 3.8) is 0 Å². The molecule has 1 aromatic carbocycles. The number of likely N-dealkylation sites (tertiary alicyclic amines) is 1. The van der Waals surface area contributed by atoms with Crippen LogP contribution in [-0.4, -0.2) is 63.2 Å². The van der Waals surface area contributed by atoms with E-state index in [0.717, 1.165) is 10.6 Å². The molecule has 0 radical (unpaired) electrons. The van der Waals surface area contributed by atoms with Crippen LogP contribution in [0.3, 0.4) is 0 Å². The Morgan fingerprint density at radius 2 is 1.85 bits per heavy atom. The van der Waals surface area contributed by atoms with Crippen molar-refractivity contribution in [1.82, 2.24) is 4.90 Å². The van der Waals surface area contributed by atoms with Crippen LogP contribution in [0.15, 0.2) is 35.3 Å². The smallest absolute Gasteiger partial charge is 0.248 e. The zero-order chi connectivity index (χ0) is 14.1. The van der Waals surface area contributed by atoms with Gasteiger partial charge in [-0.05, 0) is 0 Å². The van der Waals surface area contributed by atoms with Crippen LogP contribution in [0.2, 0.25) is 0 Å². The van der Waals surface area contributed by atoms with Gasteiger partial charge in [0.1, 0.15) is 6.04 Å². The number of thioether (sulfide) groups is 1. The van der Waals surface area contributed by atoms with E-state index in [0.29, 0.717) is 5.75 Å². The number of nitrogens with zero attached hydrogens (tertiary/aromatic N) is 2. The van der Waals surface area contributed by atoms with Gasteiger partial charge in [0, 0.05) is 24.4 Å². The normalized spacial score (nSPS) is 29.6. The molecule has 1 unspecified atom stereocenters. The van der Waals surface area contributed by atoms with Gasteiger partial charge in [0.05, 0.1) is 17.3 Å². The van der Waals surface area contributed by atoms with Gasteiger partial charge in [0.25, 0.3) is 0 Å². The molecule has 0 aliphatic carbocycles. The summed E-state index contributed by atoms with van der Waals surface area (Å²) in [6.45, 7) is 0.384. The van der Waals surface area contributed by atoms with Gasteiger partial charge < -0.3 is 15.1 Å². The van der Waals surface area contributed by atoms with Crippen molar-refractivity contribution in [2.24, 2.45) is 4.99 Å². The maximum absolute atomic E-state index is 12.3. The first-order chi connectivity index (χ1) is 9.65. The molecule has 2 N–H and O–H groups in total. The first-order valence-electron chi connectivity index (χ1n) is 6.56. The average molecular weight is 292 g/mol. The molecule has 3 rings (SSSR count). The lowest BCUT2D eigenvalue weighted by atomic mass is 10.2. The molecule has 0 aromatic heterocycles. The molecule has 1 saturated heterocycles. The predicted molar refractivity (Wildman–Crippen MR) is 77.8 cm³/mol. The maximum Gasteiger partial charge on any atom is 0.248 e. The van der Waals surface area contributed by atoms with Crippen LogP contribution in [0, 0.1) is 0 Å². The molecule has 1 amide bonds. The van der Waals surface area contributed by atoms with Crippen LogP contribution >= 0.6 is 11.8 Å². The van der Waals surface area contributed by atoms with Crippen LogP contribution in [0.5, 0.6) is 0 Å². The summed E-state index contributed by atoms with van der Waals surface area (Å²) >= 11 is 1.57. The van der Waals surface area contributed by atoms with E-state index in [1.54, 1.807) is 11.8 Å². The molecule has 6 heteroatoms. The zero-order valence-corrected chi connectivity index (χ0v) is 11.7. The van der Waals surface area contributed by atoms with Crippen LogP contribution < -0.4 is 0 Å². The third kappa shape index (κ3) is 2.59. The summed E-state index contributed by atoms with van der Waals surface area (Å²) in [7, 11) is 0. The van der Waals surface area contributed by atoms with Crippen molar-refractivity contribution in [3.05, 3.63) is 35.9 Å². The summed E-state index contributed by atoms with van der Waals surface area (Å²) in [5.41, 5.74) is 1.02. The Kier molecular flexibility index (Phi) is 3.78. The van der Waals surface area contributed by atoms with E-state index in [-0.39, 0.29) is 19.0 Å². The van der Waals surface area contributed by atoms with Crippen LogP contribution in [-0.2, 0) is 4.79 Å². The second-order valence-electron chi connectivity index (χ2n) is 5.00. The van der Waals surface area contributed by atoms with Gasteiger partial charge in [-0.25, -0.2) is 0 Å². The van der Waals surface area contributed by atoms with E-state index >= 15 is 0 Å². The van der Waals surface area contributed by atoms with Gasteiger partial charge >= 0.3 is 0 Å². The fraction of sp³-hybridized carbons (Fsp3) is 0.429. The highest BCUT2D eigenvalue weighted by Crippen LogP contribution is 2.25. The van der Waals surface area contributed by atoms with Crippen LogP contribution in [0.25, 0.3) is 0 Å². The number of hydrogen-bond donors (Lipinski definition) is 2. The second kappa shape index (κ2) is 5.55. The van der Waals surface area contributed by atoms with Gasteiger partial charge in [0.2, 0.25) is 5.91 Å². The molecule has 2 aliphatic rings. The second-order valence-corrected chi connectivity index (χ2v) is 6.01. The maximum atomic E-state index is 12.3. The summed E-state index contributed by atoms with van der Waals surface area (Å²) in [5, 5.41) is 19.9. The largest absolute Gasteiger partial charge is 0.388 e. The van der Waals surface area contributed by atoms with E-state index < -0.39 is 18.2 Å². The van der Waals surface area contributed by atoms with Crippen LogP contribution in [0.4, 0.5) is 0 Å². The van der Waals surface area contributed by atoms with E-state index in [1.165, 1.54) is 4.90 Å². The van der Waals surface area contributed by atoms with E-state index in [4.69, 9.17) is 0 Å². The molecule has 2 aliphatic heterocycles. The SMILES string of the molecule is O=C(C1CSC(c2ccccc2)=N1)N1C[C@@H](O)[C@@H](O)C1. The minimum atomic E-state index is -0.842. The summed E-state index contributed by atoms with van der Waals surface area (Å²) in [6.07, 6.45) is -1.68. The standard InChI is InChI=1S/C14H16N2O3S/c17-11-6-16(7-12(11)18)14(19)10-8-20-13(15-10)9-4-2-1-3-5-9/h1-5,10-12,17-18H,6-8H2/t10?,11-,12+. The summed E-state index contributed by atoms with van der Waals surface area (Å²) in [4.78, 5) is 18.3. The molecule has 20 heavy (non-hydrogen) atoms. The highest BCUT2D eigenvalue weighted by atomic mass is 32.2. The molecule has 0 saturated carbocycles. The third-order valence-electron chi connectivity index (χ3n) is 3.53. The number of β-amino-alcohol motifs (C(OH)–C–C–N with tert-alkyl or cyclic N) is 2. The molecular formula is C14H16N2O3S. The van der Waals surface area contributed by atoms with Gasteiger partial charge in [-0.3, -0.25) is 9.79 Å². The highest BCUT2D eigenvalue weighted by molar-refractivity contribution is 8.14. The lowest BCUT2D eigenvalue weighted by Crippen LogP contribution is -2.37. The number of aliphatic hydroxyl groups excluding tert-OH is 2. The highest BCUT2D eigenvalue weighted by Gasteiger charge is 2.37. The number of rotatable bonds is 2. The van der Waals surface area contributed by atoms with Crippen molar-refractivity contribution in [3.8, 4) is 0 Å². The van der Waals surface area contributed by atoms with Gasteiger partial charge in [-0.1, -0.05) is 30.3 Å². The van der Waals surface area contributed by atoms with Crippen molar-refractivity contribution in [2.45, 2.75) is 18.2 Å². The Morgan fingerprint density at radius 1 is 1.20 bits per heavy atom. The van der Waals surface area contributed by atoms with E-state index in [9.17, 15) is 15.0 Å². The monoisotopic (exact) mass is 292 g/mol. The predicted octanol–water partition coefficient (Wildman–Crippen LogP) is 0.113. The number of benzene rings is 1. The topological polar surface area (TPSA) is 73.1 Å². The Bertz CT molecular complexity index is 524. The molecule has 3 atom stereocenters. The number of aliphatic hydroxyl groups is 2. The van der Waals surface area contributed by atoms with Crippen molar-refractivity contribution in [1.29, 1.82) is 0 Å². The summed E-state index contributed by atoms with van der Waals surface area (Å²) in [6, 6.07) is 9.37. The average Bonchev–Trinajstić information content (AvgIpc) is 3.07. The molecule has 5 nitrogen and oxygen atoms in total. The summed E-state index contributed by atoms with van der Waals surface area (Å²) in [5.74, 6) is 0.505. The number of carbonyl (C=O) groups excluding carboxylic acids is 1. The number of aliphatic imine (C=N–C) groups is 1. The van der Waals surface area contributed by atoms with Crippen molar-refractivity contribution < 1.29 is 15.0 Å². The Morgan fingerprint density at radius 3 is 2.50 bits per heavy atom. The van der Waals surface area contributed by atoms with Crippen molar-refractivity contribution >= 4 is 22.7 Å². The van der Waals surface area contributed by atoms with Gasteiger partial charge in [-0.15, -0.1) is 11.8 Å². The molecule has 2 heterocycles. The Balaban J connectivity index is 1.70.